The Hall–Kier alpha value is -2.41. The van der Waals surface area contributed by atoms with Crippen molar-refractivity contribution in [2.45, 2.75) is 69.5 Å². The molecule has 158 valence electrons. The van der Waals surface area contributed by atoms with Gasteiger partial charge in [0.2, 0.25) is 5.91 Å². The van der Waals surface area contributed by atoms with Crippen LogP contribution in [0.15, 0.2) is 30.3 Å². The number of nitrogens with zero attached hydrogens (tertiary/aromatic N) is 1. The zero-order valence-electron chi connectivity index (χ0n) is 19.5. The van der Waals surface area contributed by atoms with Crippen molar-refractivity contribution in [1.82, 2.24) is 10.2 Å². The van der Waals surface area contributed by atoms with Gasteiger partial charge in [-0.3, -0.25) is 14.9 Å². The van der Waals surface area contributed by atoms with E-state index >= 15 is 0 Å². The number of hydrogen-bond acceptors (Lipinski definition) is 5. The molecule has 7 nitrogen and oxygen atoms in total. The maximum atomic E-state index is 13.5. The Balaban J connectivity index is 1.82. The maximum Gasteiger partial charge on any atom is 0.326 e. The number of methoxy groups -OCH3 is 1. The highest BCUT2D eigenvalue weighted by Crippen LogP contribution is 2.41. The zero-order chi connectivity index (χ0) is 23.5. The third kappa shape index (κ3) is 4.78. The smallest absolute Gasteiger partial charge is 0.326 e. The summed E-state index contributed by atoms with van der Waals surface area (Å²) < 4.78 is 28.7. The van der Waals surface area contributed by atoms with Gasteiger partial charge in [-0.25, -0.2) is 4.79 Å². The molecule has 1 aliphatic carbocycles. The Morgan fingerprint density at radius 1 is 1.31 bits per heavy atom. The molecule has 1 heterocycles. The lowest BCUT2D eigenvalue weighted by atomic mass is 10.0. The maximum absolute atomic E-state index is 13.5. The minimum Gasteiger partial charge on any atom is -0.480 e. The quantitative estimate of drug-likeness (QED) is 0.642. The third-order valence-electron chi connectivity index (χ3n) is 6.04. The standard InChI is InChI=1S/C22H30N2O5/c1-14(20(25)24-18-10-6-9-16(18)13-19(24)21(26)27)23-17(22(28)29-2)12-11-15-7-4-3-5-8-15/h3-5,7-8,14,16-19,23H,6,9-13H2,1-2H3,(H,26,27)/t14-,16+,17+,18+,19-/m0/s1/i1D3. The van der Waals surface area contributed by atoms with E-state index in [-0.39, 0.29) is 18.4 Å². The van der Waals surface area contributed by atoms with Gasteiger partial charge in [-0.05, 0) is 50.4 Å². The highest BCUT2D eigenvalue weighted by Gasteiger charge is 2.49. The molecule has 1 aromatic carbocycles. The van der Waals surface area contributed by atoms with E-state index in [1.807, 2.05) is 30.3 Å². The average Bonchev–Trinajstić information content (AvgIpc) is 3.34. The molecular formula is C22H30N2O5. The number of amides is 1. The van der Waals surface area contributed by atoms with Crippen LogP contribution in [0.4, 0.5) is 0 Å². The van der Waals surface area contributed by atoms with E-state index in [0.717, 1.165) is 18.4 Å². The normalized spacial score (nSPS) is 27.3. The van der Waals surface area contributed by atoms with Gasteiger partial charge in [0.15, 0.2) is 0 Å². The van der Waals surface area contributed by atoms with Crippen LogP contribution < -0.4 is 5.32 Å². The molecule has 0 radical (unpaired) electrons. The minimum absolute atomic E-state index is 0.0618. The van der Waals surface area contributed by atoms with Gasteiger partial charge in [0, 0.05) is 10.2 Å². The Morgan fingerprint density at radius 3 is 2.72 bits per heavy atom. The number of fused-ring (bicyclic) bond motifs is 1. The van der Waals surface area contributed by atoms with E-state index in [2.05, 4.69) is 5.32 Å². The summed E-state index contributed by atoms with van der Waals surface area (Å²) in [6.07, 6.45) is 3.38. The topological polar surface area (TPSA) is 95.9 Å². The summed E-state index contributed by atoms with van der Waals surface area (Å²) in [6, 6.07) is 5.31. The largest absolute Gasteiger partial charge is 0.480 e. The highest BCUT2D eigenvalue weighted by molar-refractivity contribution is 5.88. The van der Waals surface area contributed by atoms with Crippen molar-refractivity contribution in [2.24, 2.45) is 5.92 Å². The first kappa shape index (κ1) is 17.4. The number of carbonyl (C=O) groups is 3. The number of carbonyl (C=O) groups excluding carboxylic acids is 2. The van der Waals surface area contributed by atoms with E-state index in [1.165, 1.54) is 12.0 Å². The summed E-state index contributed by atoms with van der Waals surface area (Å²) >= 11 is 0. The van der Waals surface area contributed by atoms with Gasteiger partial charge in [0.25, 0.3) is 0 Å². The second-order valence-electron chi connectivity index (χ2n) is 7.79. The van der Waals surface area contributed by atoms with Crippen LogP contribution in [-0.4, -0.2) is 59.1 Å². The van der Waals surface area contributed by atoms with Crippen LogP contribution in [0.5, 0.6) is 0 Å². The van der Waals surface area contributed by atoms with Crippen LogP contribution in [0.25, 0.3) is 0 Å². The molecule has 7 heteroatoms. The number of carboxylic acid groups (broad SMARTS) is 1. The van der Waals surface area contributed by atoms with Crippen molar-refractivity contribution in [2.75, 3.05) is 7.11 Å². The third-order valence-corrected chi connectivity index (χ3v) is 6.04. The summed E-state index contributed by atoms with van der Waals surface area (Å²) in [5.74, 6) is -2.53. The second-order valence-corrected chi connectivity index (χ2v) is 7.79. The van der Waals surface area contributed by atoms with E-state index in [4.69, 9.17) is 8.85 Å². The van der Waals surface area contributed by atoms with Gasteiger partial charge in [-0.15, -0.1) is 0 Å². The molecule has 1 aliphatic heterocycles. The molecule has 1 amide bonds. The summed E-state index contributed by atoms with van der Waals surface area (Å²) in [5, 5.41) is 12.4. The van der Waals surface area contributed by atoms with Crippen LogP contribution in [0.3, 0.4) is 0 Å². The lowest BCUT2D eigenvalue weighted by molar-refractivity contribution is -0.151. The summed E-state index contributed by atoms with van der Waals surface area (Å²) in [6.45, 7) is -2.77. The molecule has 0 unspecified atom stereocenters. The predicted molar refractivity (Wildman–Crippen MR) is 107 cm³/mol. The average molecular weight is 406 g/mol. The summed E-state index contributed by atoms with van der Waals surface area (Å²) in [4.78, 5) is 38.9. The minimum atomic E-state index is -2.77. The zero-order valence-corrected chi connectivity index (χ0v) is 16.5. The van der Waals surface area contributed by atoms with Crippen molar-refractivity contribution >= 4 is 17.8 Å². The van der Waals surface area contributed by atoms with Crippen molar-refractivity contribution in [3.63, 3.8) is 0 Å². The van der Waals surface area contributed by atoms with Crippen molar-refractivity contribution in [3.8, 4) is 0 Å². The number of benzene rings is 1. The molecular weight excluding hydrogens is 372 g/mol. The van der Waals surface area contributed by atoms with Gasteiger partial charge >= 0.3 is 11.9 Å². The molecule has 0 spiro atoms. The predicted octanol–water partition coefficient (Wildman–Crippen LogP) is 1.99. The van der Waals surface area contributed by atoms with Crippen LogP contribution >= 0.6 is 0 Å². The SMILES string of the molecule is [2H]C([2H])([2H])[C@H](N[C@H](CCc1ccccc1)C(=O)OC)C(=O)N1[C@@H]2CCC[C@@H]2C[C@H]1C(=O)O. The summed E-state index contributed by atoms with van der Waals surface area (Å²) in [5.41, 5.74) is 0.958. The Bertz CT molecular complexity index is 833. The van der Waals surface area contributed by atoms with E-state index < -0.39 is 42.8 Å². The molecule has 3 rings (SSSR count). The van der Waals surface area contributed by atoms with E-state index in [9.17, 15) is 19.5 Å². The number of rotatable bonds is 8. The first-order valence-corrected chi connectivity index (χ1v) is 10.1. The number of hydrogen-bond donors (Lipinski definition) is 2. The highest BCUT2D eigenvalue weighted by atomic mass is 16.5. The number of ether oxygens (including phenoxy) is 1. The number of aryl methyl sites for hydroxylation is 1. The lowest BCUT2D eigenvalue weighted by Gasteiger charge is -2.31. The molecule has 1 saturated carbocycles. The fraction of sp³-hybridized carbons (Fsp3) is 0.591. The van der Waals surface area contributed by atoms with Gasteiger partial charge in [0.1, 0.15) is 12.1 Å². The van der Waals surface area contributed by atoms with Gasteiger partial charge in [-0.2, -0.15) is 0 Å². The molecule has 1 aromatic rings. The first-order chi connectivity index (χ1) is 15.1. The number of likely N-dealkylation sites (tertiary alicyclic amines) is 1. The first-order valence-electron chi connectivity index (χ1n) is 11.6. The van der Waals surface area contributed by atoms with Crippen LogP contribution in [0, 0.1) is 5.92 Å². The molecule has 0 bridgehead atoms. The molecule has 0 aromatic heterocycles. The number of esters is 1. The monoisotopic (exact) mass is 405 g/mol. The van der Waals surface area contributed by atoms with Gasteiger partial charge in [0.05, 0.1) is 13.2 Å². The van der Waals surface area contributed by atoms with Crippen LogP contribution in [0.1, 0.15) is 48.6 Å². The molecule has 2 fully saturated rings. The van der Waals surface area contributed by atoms with Crippen molar-refractivity contribution < 1.29 is 28.3 Å². The molecule has 29 heavy (non-hydrogen) atoms. The summed E-state index contributed by atoms with van der Waals surface area (Å²) in [7, 11) is 1.20. The number of carboxylic acids is 1. The van der Waals surface area contributed by atoms with Gasteiger partial charge in [-0.1, -0.05) is 36.8 Å². The number of aliphatic carboxylic acids is 1. The van der Waals surface area contributed by atoms with Crippen molar-refractivity contribution in [1.29, 1.82) is 0 Å². The molecule has 2 aliphatic rings. The Kier molecular flexibility index (Phi) is 5.65. The molecule has 2 N–H and O–H groups in total. The van der Waals surface area contributed by atoms with Crippen LogP contribution in [-0.2, 0) is 25.5 Å². The molecule has 1 saturated heterocycles. The second kappa shape index (κ2) is 9.39. The van der Waals surface area contributed by atoms with Gasteiger partial charge < -0.3 is 14.7 Å². The van der Waals surface area contributed by atoms with Crippen molar-refractivity contribution in [3.05, 3.63) is 35.9 Å². The Morgan fingerprint density at radius 2 is 2.07 bits per heavy atom. The lowest BCUT2D eigenvalue weighted by Crippen LogP contribution is -2.55. The fourth-order valence-electron chi connectivity index (χ4n) is 4.62. The molecule has 5 atom stereocenters. The fourth-order valence-corrected chi connectivity index (χ4v) is 4.62. The van der Waals surface area contributed by atoms with E-state index in [0.29, 0.717) is 19.3 Å². The Labute approximate surface area is 175 Å². The number of nitrogens with one attached hydrogen (secondary N) is 1. The van der Waals surface area contributed by atoms with E-state index in [1.54, 1.807) is 0 Å². The van der Waals surface area contributed by atoms with Crippen LogP contribution in [0.2, 0.25) is 0 Å².